The van der Waals surface area contributed by atoms with Crippen LogP contribution in [0.25, 0.3) is 0 Å². The quantitative estimate of drug-likeness (QED) is 0.745. The lowest BCUT2D eigenvalue weighted by atomic mass is 10.0. The van der Waals surface area contributed by atoms with Crippen LogP contribution in [0.15, 0.2) is 24.3 Å². The number of carbonyl (C=O) groups excluding carboxylic acids is 1. The van der Waals surface area contributed by atoms with E-state index in [2.05, 4.69) is 16.6 Å². The number of carbonyl (C=O) groups is 1. The molecule has 0 aliphatic rings. The highest BCUT2D eigenvalue weighted by Crippen LogP contribution is 2.16. The van der Waals surface area contributed by atoms with E-state index < -0.39 is 0 Å². The molecule has 0 heterocycles. The molecule has 0 fully saturated rings. The maximum atomic E-state index is 11.4. The van der Waals surface area contributed by atoms with Gasteiger partial charge in [0.1, 0.15) is 0 Å². The molecule has 0 radical (unpaired) electrons. The molecule has 0 saturated carbocycles. The van der Waals surface area contributed by atoms with E-state index >= 15 is 0 Å². The van der Waals surface area contributed by atoms with Crippen molar-refractivity contribution in [2.75, 3.05) is 6.54 Å². The van der Waals surface area contributed by atoms with Crippen LogP contribution in [0.5, 0.6) is 0 Å². The van der Waals surface area contributed by atoms with Gasteiger partial charge in [0.25, 0.3) is 0 Å². The van der Waals surface area contributed by atoms with Crippen LogP contribution < -0.4 is 10.6 Å². The third-order valence-electron chi connectivity index (χ3n) is 2.35. The summed E-state index contributed by atoms with van der Waals surface area (Å²) in [6, 6.07) is 7.69. The van der Waals surface area contributed by atoms with Crippen molar-refractivity contribution >= 4 is 6.03 Å². The van der Waals surface area contributed by atoms with Crippen molar-refractivity contribution in [1.82, 2.24) is 10.6 Å². The average molecular weight is 216 g/mol. The first-order valence-electron chi connectivity index (χ1n) is 5.18. The second kappa shape index (κ2) is 5.82. The van der Waals surface area contributed by atoms with E-state index in [0.29, 0.717) is 0 Å². The fraction of sp³-hybridized carbons (Fsp3) is 0.308. The van der Waals surface area contributed by atoms with Crippen molar-refractivity contribution in [3.63, 3.8) is 0 Å². The number of benzene rings is 1. The largest absolute Gasteiger partial charge is 0.332 e. The van der Waals surface area contributed by atoms with E-state index in [9.17, 15) is 4.79 Å². The predicted molar refractivity (Wildman–Crippen MR) is 65.0 cm³/mol. The van der Waals surface area contributed by atoms with E-state index in [0.717, 1.165) is 11.1 Å². The van der Waals surface area contributed by atoms with E-state index in [1.165, 1.54) is 0 Å². The monoisotopic (exact) mass is 216 g/mol. The van der Waals surface area contributed by atoms with Crippen molar-refractivity contribution in [1.29, 1.82) is 0 Å². The van der Waals surface area contributed by atoms with Gasteiger partial charge < -0.3 is 10.6 Å². The van der Waals surface area contributed by atoms with Gasteiger partial charge in [-0.05, 0) is 25.0 Å². The maximum Gasteiger partial charge on any atom is 0.316 e. The fourth-order valence-corrected chi connectivity index (χ4v) is 1.53. The Kier molecular flexibility index (Phi) is 4.41. The zero-order valence-electron chi connectivity index (χ0n) is 9.58. The van der Waals surface area contributed by atoms with Gasteiger partial charge in [0.2, 0.25) is 0 Å². The van der Waals surface area contributed by atoms with Crippen LogP contribution in [0.1, 0.15) is 24.1 Å². The van der Waals surface area contributed by atoms with Crippen molar-refractivity contribution in [2.24, 2.45) is 0 Å². The molecule has 3 nitrogen and oxygen atoms in total. The number of hydrogen-bond donors (Lipinski definition) is 2. The van der Waals surface area contributed by atoms with Gasteiger partial charge >= 0.3 is 6.03 Å². The van der Waals surface area contributed by atoms with Crippen LogP contribution in [0.3, 0.4) is 0 Å². The molecule has 1 aromatic rings. The Morgan fingerprint density at radius 1 is 1.50 bits per heavy atom. The summed E-state index contributed by atoms with van der Waals surface area (Å²) in [7, 11) is 0. The van der Waals surface area contributed by atoms with Gasteiger partial charge in [-0.3, -0.25) is 0 Å². The molecular formula is C13H16N2O. The first-order chi connectivity index (χ1) is 7.65. The molecular weight excluding hydrogens is 200 g/mol. The molecule has 0 aliphatic carbocycles. The normalized spacial score (nSPS) is 11.3. The Balaban J connectivity index is 2.59. The summed E-state index contributed by atoms with van der Waals surface area (Å²) in [5, 5.41) is 5.39. The van der Waals surface area contributed by atoms with Crippen LogP contribution in [0, 0.1) is 19.3 Å². The van der Waals surface area contributed by atoms with Crippen LogP contribution in [-0.4, -0.2) is 12.6 Å². The van der Waals surface area contributed by atoms with E-state index in [1.54, 1.807) is 0 Å². The smallest absolute Gasteiger partial charge is 0.316 e. The molecule has 0 saturated heterocycles. The summed E-state index contributed by atoms with van der Waals surface area (Å²) in [5.41, 5.74) is 2.27. The summed E-state index contributed by atoms with van der Waals surface area (Å²) in [6.07, 6.45) is 5.05. The van der Waals surface area contributed by atoms with Crippen LogP contribution in [0.4, 0.5) is 4.79 Å². The number of rotatable bonds is 3. The molecule has 0 aromatic heterocycles. The summed E-state index contributed by atoms with van der Waals surface area (Å²) in [6.45, 7) is 4.21. The Morgan fingerprint density at radius 2 is 2.19 bits per heavy atom. The maximum absolute atomic E-state index is 11.4. The number of urea groups is 1. The first-order valence-corrected chi connectivity index (χ1v) is 5.18. The molecule has 2 amide bonds. The standard InChI is InChI=1S/C13H16N2O/c1-4-9-14-13(16)15-11(3)12-8-6-5-7-10(12)2/h1,5-8,11H,9H2,2-3H3,(H2,14,15,16)/t11-/m1/s1. The highest BCUT2D eigenvalue weighted by atomic mass is 16.2. The number of amides is 2. The van der Waals surface area contributed by atoms with Gasteiger partial charge in [-0.15, -0.1) is 6.42 Å². The number of terminal acetylenes is 1. The van der Waals surface area contributed by atoms with Crippen molar-refractivity contribution in [3.05, 3.63) is 35.4 Å². The van der Waals surface area contributed by atoms with Gasteiger partial charge in [-0.2, -0.15) is 0 Å². The third kappa shape index (κ3) is 3.32. The molecule has 0 unspecified atom stereocenters. The van der Waals surface area contributed by atoms with Gasteiger partial charge in [0, 0.05) is 0 Å². The van der Waals surface area contributed by atoms with Crippen molar-refractivity contribution in [3.8, 4) is 12.3 Å². The second-order valence-corrected chi connectivity index (χ2v) is 3.61. The van der Waals surface area contributed by atoms with E-state index in [4.69, 9.17) is 6.42 Å². The van der Waals surface area contributed by atoms with Gasteiger partial charge in [0.05, 0.1) is 12.6 Å². The Bertz CT molecular complexity index is 407. The minimum absolute atomic E-state index is 0.0287. The van der Waals surface area contributed by atoms with Crippen molar-refractivity contribution in [2.45, 2.75) is 19.9 Å². The summed E-state index contributed by atoms with van der Waals surface area (Å²) < 4.78 is 0. The van der Waals surface area contributed by atoms with E-state index in [-0.39, 0.29) is 18.6 Å². The lowest BCUT2D eigenvalue weighted by molar-refractivity contribution is 0.239. The van der Waals surface area contributed by atoms with Gasteiger partial charge in [-0.25, -0.2) is 4.79 Å². The second-order valence-electron chi connectivity index (χ2n) is 3.61. The molecule has 1 rings (SSSR count). The molecule has 16 heavy (non-hydrogen) atoms. The minimum Gasteiger partial charge on any atom is -0.332 e. The van der Waals surface area contributed by atoms with Crippen molar-refractivity contribution < 1.29 is 4.79 Å². The van der Waals surface area contributed by atoms with Crippen LogP contribution in [0.2, 0.25) is 0 Å². The molecule has 0 aliphatic heterocycles. The topological polar surface area (TPSA) is 41.1 Å². The summed E-state index contributed by atoms with van der Waals surface area (Å²) in [5.74, 6) is 2.35. The van der Waals surface area contributed by atoms with E-state index in [1.807, 2.05) is 38.1 Å². The number of nitrogens with one attached hydrogen (secondary N) is 2. The lowest BCUT2D eigenvalue weighted by Crippen LogP contribution is -2.37. The molecule has 1 atom stereocenters. The minimum atomic E-state index is -0.242. The summed E-state index contributed by atoms with van der Waals surface area (Å²) >= 11 is 0. The number of hydrogen-bond acceptors (Lipinski definition) is 1. The molecule has 1 aromatic carbocycles. The molecule has 0 bridgehead atoms. The molecule has 2 N–H and O–H groups in total. The zero-order valence-corrected chi connectivity index (χ0v) is 9.58. The Hall–Kier alpha value is -1.95. The highest BCUT2D eigenvalue weighted by molar-refractivity contribution is 5.74. The fourth-order valence-electron chi connectivity index (χ4n) is 1.53. The predicted octanol–water partition coefficient (Wildman–Crippen LogP) is 1.99. The number of aryl methyl sites for hydroxylation is 1. The zero-order chi connectivity index (χ0) is 12.0. The average Bonchev–Trinajstić information content (AvgIpc) is 2.26. The lowest BCUT2D eigenvalue weighted by Gasteiger charge is -2.16. The third-order valence-corrected chi connectivity index (χ3v) is 2.35. The summed E-state index contributed by atoms with van der Waals surface area (Å²) in [4.78, 5) is 11.4. The Labute approximate surface area is 96.2 Å². The Morgan fingerprint density at radius 3 is 2.81 bits per heavy atom. The molecule has 84 valence electrons. The van der Waals surface area contributed by atoms with Crippen LogP contribution >= 0.6 is 0 Å². The molecule has 3 heteroatoms. The van der Waals surface area contributed by atoms with Gasteiger partial charge in [-0.1, -0.05) is 30.2 Å². The first kappa shape index (κ1) is 12.1. The van der Waals surface area contributed by atoms with Crippen LogP contribution in [-0.2, 0) is 0 Å². The van der Waals surface area contributed by atoms with Gasteiger partial charge in [0.15, 0.2) is 0 Å². The molecule has 0 spiro atoms. The SMILES string of the molecule is C#CCNC(=O)N[C@H](C)c1ccccc1C. The highest BCUT2D eigenvalue weighted by Gasteiger charge is 2.09.